The first-order valence-electron chi connectivity index (χ1n) is 7.50. The molecule has 2 atom stereocenters. The van der Waals surface area contributed by atoms with Gasteiger partial charge in [-0.3, -0.25) is 4.79 Å². The molecule has 1 aromatic rings. The van der Waals surface area contributed by atoms with Gasteiger partial charge >= 0.3 is 0 Å². The summed E-state index contributed by atoms with van der Waals surface area (Å²) in [5.74, 6) is 2.05. The zero-order chi connectivity index (χ0) is 13.7. The summed E-state index contributed by atoms with van der Waals surface area (Å²) < 4.78 is 5.44. The topological polar surface area (TPSA) is 26.3 Å². The van der Waals surface area contributed by atoms with Gasteiger partial charge in [-0.05, 0) is 43.4 Å². The lowest BCUT2D eigenvalue weighted by atomic mass is 9.76. The van der Waals surface area contributed by atoms with E-state index in [1.807, 2.05) is 31.2 Å². The maximum atomic E-state index is 12.3. The molecule has 0 unspecified atom stereocenters. The Balaban J connectivity index is 2.00. The Labute approximate surface area is 116 Å². The molecule has 0 aliphatic heterocycles. The smallest absolute Gasteiger partial charge is 0.140 e. The third-order valence-corrected chi connectivity index (χ3v) is 4.03. The Morgan fingerprint density at radius 1 is 1.16 bits per heavy atom. The van der Waals surface area contributed by atoms with E-state index in [0.717, 1.165) is 24.2 Å². The zero-order valence-corrected chi connectivity index (χ0v) is 12.0. The summed E-state index contributed by atoms with van der Waals surface area (Å²) in [6.07, 6.45) is 5.36. The highest BCUT2D eigenvalue weighted by Gasteiger charge is 2.28. The molecule has 104 valence electrons. The van der Waals surface area contributed by atoms with Crippen molar-refractivity contribution in [1.82, 2.24) is 0 Å². The molecule has 2 heteroatoms. The van der Waals surface area contributed by atoms with E-state index in [4.69, 9.17) is 4.74 Å². The summed E-state index contributed by atoms with van der Waals surface area (Å²) >= 11 is 0. The first-order chi connectivity index (χ1) is 9.24. The summed E-state index contributed by atoms with van der Waals surface area (Å²) in [5.41, 5.74) is 1.16. The molecule has 0 N–H and O–H groups in total. The van der Waals surface area contributed by atoms with Gasteiger partial charge in [0.25, 0.3) is 0 Å². The summed E-state index contributed by atoms with van der Waals surface area (Å²) in [5, 5.41) is 0. The van der Waals surface area contributed by atoms with Crippen molar-refractivity contribution in [3.05, 3.63) is 29.8 Å². The predicted molar refractivity (Wildman–Crippen MR) is 77.6 cm³/mol. The highest BCUT2D eigenvalue weighted by Crippen LogP contribution is 2.35. The number of ketones is 1. The number of hydrogen-bond acceptors (Lipinski definition) is 2. The molecule has 1 aromatic carbocycles. The van der Waals surface area contributed by atoms with Crippen molar-refractivity contribution < 1.29 is 9.53 Å². The standard InChI is InChI=1S/C17H24O2/c1-3-5-13-6-11-16(17(18)12-13)14-7-9-15(10-8-14)19-4-2/h7-10,13,16H,3-6,11-12H2,1-2H3/t13-,16+/m0/s1. The molecular formula is C17H24O2. The van der Waals surface area contributed by atoms with Gasteiger partial charge in [0.15, 0.2) is 0 Å². The number of carbonyl (C=O) groups is 1. The Morgan fingerprint density at radius 3 is 2.47 bits per heavy atom. The van der Waals surface area contributed by atoms with Crippen molar-refractivity contribution in [2.24, 2.45) is 5.92 Å². The van der Waals surface area contributed by atoms with Crippen LogP contribution in [0.25, 0.3) is 0 Å². The second-order valence-electron chi connectivity index (χ2n) is 5.46. The summed E-state index contributed by atoms with van der Waals surface area (Å²) in [6.45, 7) is 4.86. The first kappa shape index (κ1) is 14.1. The average molecular weight is 260 g/mol. The fourth-order valence-corrected chi connectivity index (χ4v) is 3.06. The van der Waals surface area contributed by atoms with Gasteiger partial charge in [-0.15, -0.1) is 0 Å². The Morgan fingerprint density at radius 2 is 1.89 bits per heavy atom. The molecule has 2 rings (SSSR count). The number of benzene rings is 1. The van der Waals surface area contributed by atoms with E-state index < -0.39 is 0 Å². The molecule has 2 nitrogen and oxygen atoms in total. The largest absolute Gasteiger partial charge is 0.494 e. The van der Waals surface area contributed by atoms with Crippen LogP contribution in [0.5, 0.6) is 5.75 Å². The number of hydrogen-bond donors (Lipinski definition) is 0. The van der Waals surface area contributed by atoms with Crippen LogP contribution in [0.1, 0.15) is 57.4 Å². The molecule has 1 aliphatic carbocycles. The van der Waals surface area contributed by atoms with Crippen LogP contribution in [-0.4, -0.2) is 12.4 Å². The van der Waals surface area contributed by atoms with Crippen LogP contribution in [0.4, 0.5) is 0 Å². The highest BCUT2D eigenvalue weighted by molar-refractivity contribution is 5.86. The van der Waals surface area contributed by atoms with Crippen LogP contribution in [0.3, 0.4) is 0 Å². The van der Waals surface area contributed by atoms with Crippen LogP contribution in [-0.2, 0) is 4.79 Å². The molecule has 0 aromatic heterocycles. The van der Waals surface area contributed by atoms with E-state index in [9.17, 15) is 4.79 Å². The van der Waals surface area contributed by atoms with Gasteiger partial charge in [0.2, 0.25) is 0 Å². The molecular weight excluding hydrogens is 236 g/mol. The molecule has 0 bridgehead atoms. The maximum Gasteiger partial charge on any atom is 0.140 e. The van der Waals surface area contributed by atoms with Crippen molar-refractivity contribution in [1.29, 1.82) is 0 Å². The minimum Gasteiger partial charge on any atom is -0.494 e. The molecule has 0 amide bonds. The lowest BCUT2D eigenvalue weighted by Gasteiger charge is -2.27. The summed E-state index contributed by atoms with van der Waals surface area (Å²) in [7, 11) is 0. The van der Waals surface area contributed by atoms with Gasteiger partial charge < -0.3 is 4.74 Å². The molecule has 0 radical (unpaired) electrons. The van der Waals surface area contributed by atoms with Crippen LogP contribution >= 0.6 is 0 Å². The van der Waals surface area contributed by atoms with Crippen LogP contribution < -0.4 is 4.74 Å². The predicted octanol–water partition coefficient (Wildman–Crippen LogP) is 4.34. The third kappa shape index (κ3) is 3.59. The quantitative estimate of drug-likeness (QED) is 0.787. The van der Waals surface area contributed by atoms with Gasteiger partial charge in [0, 0.05) is 12.3 Å². The Bertz CT molecular complexity index is 408. The molecule has 1 aliphatic rings. The molecule has 1 saturated carbocycles. The zero-order valence-electron chi connectivity index (χ0n) is 12.0. The van der Waals surface area contributed by atoms with E-state index in [-0.39, 0.29) is 5.92 Å². The summed E-state index contributed by atoms with van der Waals surface area (Å²) in [4.78, 5) is 12.3. The molecule has 19 heavy (non-hydrogen) atoms. The minimum atomic E-state index is 0.115. The minimum absolute atomic E-state index is 0.115. The number of Topliss-reactive ketones (excluding diaryl/α,β-unsaturated/α-hetero) is 1. The van der Waals surface area contributed by atoms with E-state index >= 15 is 0 Å². The summed E-state index contributed by atoms with van der Waals surface area (Å²) in [6, 6.07) is 8.05. The third-order valence-electron chi connectivity index (χ3n) is 4.03. The molecule has 0 heterocycles. The Hall–Kier alpha value is -1.31. The van der Waals surface area contributed by atoms with Gasteiger partial charge in [-0.2, -0.15) is 0 Å². The lowest BCUT2D eigenvalue weighted by Crippen LogP contribution is -2.23. The normalized spacial score (nSPS) is 23.4. The second kappa shape index (κ2) is 6.74. The highest BCUT2D eigenvalue weighted by atomic mass is 16.5. The molecule has 0 spiro atoms. The van der Waals surface area contributed by atoms with Gasteiger partial charge in [-0.1, -0.05) is 31.9 Å². The SMILES string of the molecule is CCC[C@H]1CC[C@H](c2ccc(OCC)cc2)C(=O)C1. The Kier molecular flexibility index (Phi) is 5.00. The van der Waals surface area contributed by atoms with E-state index in [1.165, 1.54) is 19.3 Å². The van der Waals surface area contributed by atoms with E-state index in [1.54, 1.807) is 0 Å². The number of rotatable bonds is 5. The number of carbonyl (C=O) groups excluding carboxylic acids is 1. The van der Waals surface area contributed by atoms with Gasteiger partial charge in [0.05, 0.1) is 6.61 Å². The van der Waals surface area contributed by atoms with Gasteiger partial charge in [0.1, 0.15) is 11.5 Å². The van der Waals surface area contributed by atoms with Crippen molar-refractivity contribution in [3.8, 4) is 5.75 Å². The van der Waals surface area contributed by atoms with Crippen molar-refractivity contribution in [3.63, 3.8) is 0 Å². The second-order valence-corrected chi connectivity index (χ2v) is 5.46. The molecule has 1 fully saturated rings. The van der Waals surface area contributed by atoms with Crippen molar-refractivity contribution >= 4 is 5.78 Å². The van der Waals surface area contributed by atoms with E-state index in [0.29, 0.717) is 18.3 Å². The lowest BCUT2D eigenvalue weighted by molar-refractivity contribution is -0.123. The first-order valence-corrected chi connectivity index (χ1v) is 7.50. The maximum absolute atomic E-state index is 12.3. The fourth-order valence-electron chi connectivity index (χ4n) is 3.06. The van der Waals surface area contributed by atoms with Crippen molar-refractivity contribution in [2.45, 2.75) is 51.9 Å². The monoisotopic (exact) mass is 260 g/mol. The van der Waals surface area contributed by atoms with Gasteiger partial charge in [-0.25, -0.2) is 0 Å². The molecule has 0 saturated heterocycles. The number of ether oxygens (including phenoxy) is 1. The van der Waals surface area contributed by atoms with Crippen LogP contribution in [0, 0.1) is 5.92 Å². The van der Waals surface area contributed by atoms with Crippen LogP contribution in [0.15, 0.2) is 24.3 Å². The van der Waals surface area contributed by atoms with E-state index in [2.05, 4.69) is 6.92 Å². The fraction of sp³-hybridized carbons (Fsp3) is 0.588. The van der Waals surface area contributed by atoms with Crippen molar-refractivity contribution in [2.75, 3.05) is 6.61 Å². The average Bonchev–Trinajstić information content (AvgIpc) is 2.41. The van der Waals surface area contributed by atoms with Crippen LogP contribution in [0.2, 0.25) is 0 Å².